The van der Waals surface area contributed by atoms with Crippen LogP contribution in [-0.2, 0) is 0 Å². The summed E-state index contributed by atoms with van der Waals surface area (Å²) in [5.41, 5.74) is 2.37. The Hall–Kier alpha value is -2.80. The zero-order valence-corrected chi connectivity index (χ0v) is 13.9. The lowest BCUT2D eigenvalue weighted by molar-refractivity contribution is 0.414. The minimum Gasteiger partial charge on any atom is -0.497 e. The molecule has 0 N–H and O–H groups in total. The molecule has 3 rings (SSSR count). The van der Waals surface area contributed by atoms with Gasteiger partial charge < -0.3 is 9.64 Å². The van der Waals surface area contributed by atoms with E-state index in [9.17, 15) is 5.26 Å². The van der Waals surface area contributed by atoms with Crippen molar-refractivity contribution in [3.8, 4) is 11.8 Å². The van der Waals surface area contributed by atoms with Crippen LogP contribution in [0, 0.1) is 11.3 Å². The Balaban J connectivity index is 1.81. The van der Waals surface area contributed by atoms with Gasteiger partial charge in [-0.3, -0.25) is 0 Å². The molecule has 4 heteroatoms. The second-order valence-corrected chi connectivity index (χ2v) is 5.90. The van der Waals surface area contributed by atoms with Crippen LogP contribution in [0.1, 0.15) is 30.4 Å². The van der Waals surface area contributed by atoms with E-state index >= 15 is 0 Å². The Morgan fingerprint density at radius 2 is 2.04 bits per heavy atom. The van der Waals surface area contributed by atoms with Crippen molar-refractivity contribution in [2.75, 3.05) is 25.1 Å². The molecule has 0 amide bonds. The van der Waals surface area contributed by atoms with Crippen molar-refractivity contribution in [1.29, 1.82) is 5.26 Å². The van der Waals surface area contributed by atoms with E-state index in [2.05, 4.69) is 16.0 Å². The van der Waals surface area contributed by atoms with Crippen LogP contribution in [0.25, 0.3) is 11.6 Å². The number of allylic oxidation sites excluding steroid dienone is 1. The molecule has 1 aromatic carbocycles. The number of aromatic nitrogens is 1. The van der Waals surface area contributed by atoms with Gasteiger partial charge in [-0.15, -0.1) is 0 Å². The first-order chi connectivity index (χ1) is 11.8. The van der Waals surface area contributed by atoms with Gasteiger partial charge in [-0.1, -0.05) is 12.1 Å². The van der Waals surface area contributed by atoms with Crippen LogP contribution in [-0.4, -0.2) is 25.2 Å². The first-order valence-corrected chi connectivity index (χ1v) is 8.27. The van der Waals surface area contributed by atoms with Crippen molar-refractivity contribution >= 4 is 17.5 Å². The topological polar surface area (TPSA) is 49.1 Å². The molecular weight excluding hydrogens is 298 g/mol. The molecule has 122 valence electrons. The quantitative estimate of drug-likeness (QED) is 0.795. The SMILES string of the molecule is COc1cccc(C(C#N)=Cc2ccc(N3CCCCC3)nc2)c1. The summed E-state index contributed by atoms with van der Waals surface area (Å²) >= 11 is 0. The van der Waals surface area contributed by atoms with Crippen LogP contribution in [0.15, 0.2) is 42.6 Å². The molecule has 0 radical (unpaired) electrons. The highest BCUT2D eigenvalue weighted by Crippen LogP contribution is 2.23. The van der Waals surface area contributed by atoms with Crippen molar-refractivity contribution in [3.05, 3.63) is 53.7 Å². The van der Waals surface area contributed by atoms with Crippen molar-refractivity contribution in [2.45, 2.75) is 19.3 Å². The number of nitriles is 1. The zero-order chi connectivity index (χ0) is 16.8. The van der Waals surface area contributed by atoms with E-state index in [1.54, 1.807) is 7.11 Å². The van der Waals surface area contributed by atoms with E-state index in [0.29, 0.717) is 5.57 Å². The smallest absolute Gasteiger partial charge is 0.128 e. The number of pyridine rings is 1. The van der Waals surface area contributed by atoms with Crippen LogP contribution in [0.5, 0.6) is 5.75 Å². The molecule has 1 fully saturated rings. The molecule has 0 aliphatic carbocycles. The molecule has 1 aliphatic rings. The van der Waals surface area contributed by atoms with Crippen LogP contribution in [0.3, 0.4) is 0 Å². The molecule has 24 heavy (non-hydrogen) atoms. The zero-order valence-electron chi connectivity index (χ0n) is 13.9. The minimum absolute atomic E-state index is 0.599. The van der Waals surface area contributed by atoms with Crippen LogP contribution >= 0.6 is 0 Å². The van der Waals surface area contributed by atoms with E-state index in [1.807, 2.05) is 48.7 Å². The van der Waals surface area contributed by atoms with Gasteiger partial charge in [0.15, 0.2) is 0 Å². The maximum Gasteiger partial charge on any atom is 0.128 e. The van der Waals surface area contributed by atoms with Gasteiger partial charge >= 0.3 is 0 Å². The van der Waals surface area contributed by atoms with Crippen molar-refractivity contribution in [3.63, 3.8) is 0 Å². The van der Waals surface area contributed by atoms with E-state index in [4.69, 9.17) is 4.74 Å². The lowest BCUT2D eigenvalue weighted by Crippen LogP contribution is -2.29. The summed E-state index contributed by atoms with van der Waals surface area (Å²) in [7, 11) is 1.62. The molecule has 0 bridgehead atoms. The Morgan fingerprint density at radius 3 is 2.71 bits per heavy atom. The fourth-order valence-electron chi connectivity index (χ4n) is 2.93. The third kappa shape index (κ3) is 3.75. The number of ether oxygens (including phenoxy) is 1. The lowest BCUT2D eigenvalue weighted by Gasteiger charge is -2.27. The fraction of sp³-hybridized carbons (Fsp3) is 0.300. The molecule has 4 nitrogen and oxygen atoms in total. The summed E-state index contributed by atoms with van der Waals surface area (Å²) in [6.07, 6.45) is 7.47. The molecule has 0 saturated carbocycles. The van der Waals surface area contributed by atoms with Gasteiger partial charge in [-0.25, -0.2) is 4.98 Å². The summed E-state index contributed by atoms with van der Waals surface area (Å²) in [4.78, 5) is 6.89. The van der Waals surface area contributed by atoms with Gasteiger partial charge in [0, 0.05) is 19.3 Å². The van der Waals surface area contributed by atoms with E-state index in [-0.39, 0.29) is 0 Å². The lowest BCUT2D eigenvalue weighted by atomic mass is 10.0. The Kier molecular flexibility index (Phi) is 5.12. The standard InChI is InChI=1S/C20H21N3O/c1-24-19-7-5-6-17(13-19)18(14-21)12-16-8-9-20(22-15-16)23-10-3-2-4-11-23/h5-9,12-13,15H,2-4,10-11H2,1H3. The monoisotopic (exact) mass is 319 g/mol. The predicted molar refractivity (Wildman–Crippen MR) is 96.8 cm³/mol. The summed E-state index contributed by atoms with van der Waals surface area (Å²) in [6.45, 7) is 2.16. The maximum atomic E-state index is 9.48. The largest absolute Gasteiger partial charge is 0.497 e. The number of rotatable bonds is 4. The highest BCUT2D eigenvalue weighted by atomic mass is 16.5. The number of nitrogens with zero attached hydrogens (tertiary/aromatic N) is 3. The first kappa shape index (κ1) is 16.1. The number of methoxy groups -OCH3 is 1. The van der Waals surface area contributed by atoms with Crippen LogP contribution in [0.2, 0.25) is 0 Å². The molecular formula is C20H21N3O. The van der Waals surface area contributed by atoms with Gasteiger partial charge in [-0.2, -0.15) is 5.26 Å². The van der Waals surface area contributed by atoms with E-state index in [1.165, 1.54) is 19.3 Å². The molecule has 1 aliphatic heterocycles. The van der Waals surface area contributed by atoms with Gasteiger partial charge in [0.2, 0.25) is 0 Å². The highest BCUT2D eigenvalue weighted by Gasteiger charge is 2.11. The molecule has 1 aromatic heterocycles. The van der Waals surface area contributed by atoms with Gasteiger partial charge in [0.25, 0.3) is 0 Å². The average Bonchev–Trinajstić information content (AvgIpc) is 2.67. The molecule has 0 unspecified atom stereocenters. The highest BCUT2D eigenvalue weighted by molar-refractivity contribution is 5.89. The van der Waals surface area contributed by atoms with Gasteiger partial charge in [0.05, 0.1) is 18.8 Å². The summed E-state index contributed by atoms with van der Waals surface area (Å²) in [5, 5.41) is 9.48. The van der Waals surface area contributed by atoms with Gasteiger partial charge in [0.1, 0.15) is 11.6 Å². The van der Waals surface area contributed by atoms with Crippen molar-refractivity contribution in [1.82, 2.24) is 4.98 Å². The minimum atomic E-state index is 0.599. The summed E-state index contributed by atoms with van der Waals surface area (Å²) in [6, 6.07) is 13.9. The fourth-order valence-corrected chi connectivity index (χ4v) is 2.93. The third-order valence-electron chi connectivity index (χ3n) is 4.26. The Labute approximate surface area is 143 Å². The number of anilines is 1. The molecule has 2 heterocycles. The van der Waals surface area contributed by atoms with E-state index < -0.39 is 0 Å². The molecule has 1 saturated heterocycles. The van der Waals surface area contributed by atoms with E-state index in [0.717, 1.165) is 35.8 Å². The van der Waals surface area contributed by atoms with Crippen molar-refractivity contribution < 1.29 is 4.74 Å². The van der Waals surface area contributed by atoms with Crippen LogP contribution < -0.4 is 9.64 Å². The Bertz CT molecular complexity index is 753. The van der Waals surface area contributed by atoms with Gasteiger partial charge in [-0.05, 0) is 60.7 Å². The van der Waals surface area contributed by atoms with Crippen LogP contribution in [0.4, 0.5) is 5.82 Å². The molecule has 0 spiro atoms. The molecule has 2 aromatic rings. The molecule has 0 atom stereocenters. The second kappa shape index (κ2) is 7.65. The number of hydrogen-bond acceptors (Lipinski definition) is 4. The summed E-state index contributed by atoms with van der Waals surface area (Å²) in [5.74, 6) is 1.76. The third-order valence-corrected chi connectivity index (χ3v) is 4.26. The first-order valence-electron chi connectivity index (χ1n) is 8.27. The predicted octanol–water partition coefficient (Wildman–Crippen LogP) is 4.14. The van der Waals surface area contributed by atoms with Crippen molar-refractivity contribution in [2.24, 2.45) is 0 Å². The number of hydrogen-bond donors (Lipinski definition) is 0. The normalized spacial score (nSPS) is 15.0. The maximum absolute atomic E-state index is 9.48. The number of benzene rings is 1. The number of piperidine rings is 1. The average molecular weight is 319 g/mol. The summed E-state index contributed by atoms with van der Waals surface area (Å²) < 4.78 is 5.23. The Morgan fingerprint density at radius 1 is 1.21 bits per heavy atom. The second-order valence-electron chi connectivity index (χ2n) is 5.90.